The number of furan rings is 1. The molecule has 0 aliphatic heterocycles. The van der Waals surface area contributed by atoms with Crippen molar-refractivity contribution >= 4 is 11.6 Å². The summed E-state index contributed by atoms with van der Waals surface area (Å²) in [6.07, 6.45) is 1.59. The van der Waals surface area contributed by atoms with Crippen LogP contribution in [0.5, 0.6) is 0 Å². The Morgan fingerprint density at radius 3 is 2.57 bits per heavy atom. The highest BCUT2D eigenvalue weighted by Gasteiger charge is 2.22. The molecule has 28 heavy (non-hydrogen) atoms. The Hall–Kier alpha value is -3.41. The number of nitrogens with one attached hydrogen (secondary N) is 1. The predicted molar refractivity (Wildman–Crippen MR) is 107 cm³/mol. The topological polar surface area (TPSA) is 72.4 Å². The largest absolute Gasteiger partial charge is 0.467 e. The van der Waals surface area contributed by atoms with E-state index in [2.05, 4.69) is 31.2 Å². The number of nitrogens with zero attached hydrogens (tertiary/aromatic N) is 3. The minimum atomic E-state index is -0.232. The molecule has 6 nitrogen and oxygen atoms in total. The smallest absolute Gasteiger partial charge is 0.270 e. The number of carbonyl (C=O) groups excluding carboxylic acids is 1. The molecule has 142 valence electrons. The van der Waals surface area contributed by atoms with Crippen LogP contribution in [-0.4, -0.2) is 20.5 Å². The Labute approximate surface area is 163 Å². The fourth-order valence-electron chi connectivity index (χ4n) is 2.93. The van der Waals surface area contributed by atoms with Gasteiger partial charge < -0.3 is 9.73 Å². The molecule has 1 N–H and O–H groups in total. The van der Waals surface area contributed by atoms with Gasteiger partial charge in [0.15, 0.2) is 5.65 Å². The van der Waals surface area contributed by atoms with E-state index in [0.29, 0.717) is 23.6 Å². The van der Waals surface area contributed by atoms with Gasteiger partial charge in [0.25, 0.3) is 5.91 Å². The highest BCUT2D eigenvalue weighted by molar-refractivity contribution is 5.94. The number of benzene rings is 1. The second kappa shape index (κ2) is 6.96. The van der Waals surface area contributed by atoms with Crippen molar-refractivity contribution in [1.29, 1.82) is 0 Å². The summed E-state index contributed by atoms with van der Waals surface area (Å²) in [6.45, 7) is 6.57. The average Bonchev–Trinajstić information content (AvgIpc) is 3.35. The highest BCUT2D eigenvalue weighted by atomic mass is 16.3. The van der Waals surface area contributed by atoms with E-state index < -0.39 is 0 Å². The number of carbonyl (C=O) groups is 1. The van der Waals surface area contributed by atoms with E-state index in [-0.39, 0.29) is 11.3 Å². The highest BCUT2D eigenvalue weighted by Crippen LogP contribution is 2.25. The van der Waals surface area contributed by atoms with Crippen LogP contribution >= 0.6 is 0 Å². The molecule has 1 aromatic carbocycles. The number of hydrogen-bond donors (Lipinski definition) is 1. The molecule has 6 heteroatoms. The first kappa shape index (κ1) is 18.0. The summed E-state index contributed by atoms with van der Waals surface area (Å²) in [7, 11) is 0. The molecule has 1 amide bonds. The van der Waals surface area contributed by atoms with Crippen LogP contribution in [0.2, 0.25) is 0 Å². The number of aromatic nitrogens is 3. The number of rotatable bonds is 4. The molecule has 3 heterocycles. The van der Waals surface area contributed by atoms with Crippen molar-refractivity contribution in [2.24, 2.45) is 0 Å². The molecule has 4 aromatic rings. The maximum atomic E-state index is 13.0. The zero-order valence-electron chi connectivity index (χ0n) is 16.1. The molecule has 0 aliphatic carbocycles. The first-order valence-corrected chi connectivity index (χ1v) is 9.19. The summed E-state index contributed by atoms with van der Waals surface area (Å²) in [5.41, 5.74) is 3.49. The van der Waals surface area contributed by atoms with Gasteiger partial charge in [-0.25, -0.2) is 9.50 Å². The van der Waals surface area contributed by atoms with Gasteiger partial charge in [-0.1, -0.05) is 51.1 Å². The quantitative estimate of drug-likeness (QED) is 0.581. The molecular formula is C22H22N4O2. The zero-order valence-corrected chi connectivity index (χ0v) is 16.1. The first-order valence-electron chi connectivity index (χ1n) is 9.19. The van der Waals surface area contributed by atoms with E-state index in [1.807, 2.05) is 42.5 Å². The Morgan fingerprint density at radius 1 is 1.11 bits per heavy atom. The van der Waals surface area contributed by atoms with Gasteiger partial charge in [-0.15, -0.1) is 0 Å². The van der Waals surface area contributed by atoms with Crippen LogP contribution in [0.1, 0.15) is 42.7 Å². The molecule has 0 saturated heterocycles. The molecule has 0 saturated carbocycles. The van der Waals surface area contributed by atoms with Crippen LogP contribution in [0.15, 0.2) is 65.3 Å². The molecule has 0 unspecified atom stereocenters. The van der Waals surface area contributed by atoms with Crippen molar-refractivity contribution in [2.45, 2.75) is 32.7 Å². The summed E-state index contributed by atoms with van der Waals surface area (Å²) in [6, 6.07) is 17.1. The number of amides is 1. The van der Waals surface area contributed by atoms with E-state index in [1.165, 1.54) is 0 Å². The summed E-state index contributed by atoms with van der Waals surface area (Å²) >= 11 is 0. The van der Waals surface area contributed by atoms with Gasteiger partial charge in [0.2, 0.25) is 0 Å². The minimum absolute atomic E-state index is 0.150. The van der Waals surface area contributed by atoms with Crippen molar-refractivity contribution in [3.63, 3.8) is 0 Å². The molecule has 0 bridgehead atoms. The lowest BCUT2D eigenvalue weighted by atomic mass is 9.93. The van der Waals surface area contributed by atoms with Crippen LogP contribution in [0.4, 0.5) is 0 Å². The Balaban J connectivity index is 1.79. The molecular weight excluding hydrogens is 352 g/mol. The lowest BCUT2D eigenvalue weighted by molar-refractivity contribution is 0.0940. The molecule has 0 atom stereocenters. The second-order valence-corrected chi connectivity index (χ2v) is 7.70. The summed E-state index contributed by atoms with van der Waals surface area (Å²) in [5.74, 6) is 0.460. The maximum absolute atomic E-state index is 13.0. The summed E-state index contributed by atoms with van der Waals surface area (Å²) in [4.78, 5) is 17.7. The van der Waals surface area contributed by atoms with E-state index in [4.69, 9.17) is 9.40 Å². The van der Waals surface area contributed by atoms with Crippen molar-refractivity contribution in [1.82, 2.24) is 19.9 Å². The number of fused-ring (bicyclic) bond motifs is 1. The van der Waals surface area contributed by atoms with Gasteiger partial charge in [-0.2, -0.15) is 5.10 Å². The molecule has 3 aromatic heterocycles. The Morgan fingerprint density at radius 2 is 1.89 bits per heavy atom. The van der Waals surface area contributed by atoms with Gasteiger partial charge in [-0.05, 0) is 18.2 Å². The molecule has 0 fully saturated rings. The maximum Gasteiger partial charge on any atom is 0.270 e. The molecule has 0 spiro atoms. The van der Waals surface area contributed by atoms with Crippen LogP contribution in [0.3, 0.4) is 0 Å². The first-order chi connectivity index (χ1) is 13.4. The van der Waals surface area contributed by atoms with Gasteiger partial charge >= 0.3 is 0 Å². The van der Waals surface area contributed by atoms with E-state index in [0.717, 1.165) is 17.0 Å². The Bertz CT molecular complexity index is 1110. The molecule has 0 aliphatic rings. The van der Waals surface area contributed by atoms with Gasteiger partial charge in [-0.3, -0.25) is 4.79 Å². The third kappa shape index (κ3) is 3.53. The van der Waals surface area contributed by atoms with Crippen molar-refractivity contribution < 1.29 is 9.21 Å². The zero-order chi connectivity index (χ0) is 19.7. The SMILES string of the molecule is CC(C)(C)c1cc2nc(-c3ccccc3)cc(C(=O)NCc3ccco3)n2n1. The van der Waals surface area contributed by atoms with E-state index >= 15 is 0 Å². The van der Waals surface area contributed by atoms with Gasteiger partial charge in [0, 0.05) is 17.0 Å². The lowest BCUT2D eigenvalue weighted by Gasteiger charge is -2.13. The van der Waals surface area contributed by atoms with E-state index in [9.17, 15) is 4.79 Å². The molecule has 4 rings (SSSR count). The van der Waals surface area contributed by atoms with Crippen molar-refractivity contribution in [2.75, 3.05) is 0 Å². The van der Waals surface area contributed by atoms with Gasteiger partial charge in [0.1, 0.15) is 11.5 Å². The van der Waals surface area contributed by atoms with Crippen molar-refractivity contribution in [3.8, 4) is 11.3 Å². The van der Waals surface area contributed by atoms with Crippen molar-refractivity contribution in [3.05, 3.63) is 78.0 Å². The fraction of sp³-hybridized carbons (Fsp3) is 0.227. The predicted octanol–water partition coefficient (Wildman–Crippen LogP) is 4.22. The monoisotopic (exact) mass is 374 g/mol. The minimum Gasteiger partial charge on any atom is -0.467 e. The van der Waals surface area contributed by atoms with Crippen LogP contribution in [0.25, 0.3) is 16.9 Å². The number of hydrogen-bond acceptors (Lipinski definition) is 4. The Kier molecular flexibility index (Phi) is 4.47. The van der Waals surface area contributed by atoms with Crippen LogP contribution in [-0.2, 0) is 12.0 Å². The lowest BCUT2D eigenvalue weighted by Crippen LogP contribution is -2.25. The standard InChI is InChI=1S/C22H22N4O2/c1-22(2,3)19-13-20-24-17(15-8-5-4-6-9-15)12-18(26(20)25-19)21(27)23-14-16-10-7-11-28-16/h4-13H,14H2,1-3H3,(H,23,27). The van der Waals surface area contributed by atoms with Crippen LogP contribution < -0.4 is 5.32 Å². The summed E-state index contributed by atoms with van der Waals surface area (Å²) in [5, 5.41) is 7.55. The second-order valence-electron chi connectivity index (χ2n) is 7.70. The fourth-order valence-corrected chi connectivity index (χ4v) is 2.93. The average molecular weight is 374 g/mol. The molecule has 0 radical (unpaired) electrons. The third-order valence-corrected chi connectivity index (χ3v) is 4.50. The van der Waals surface area contributed by atoms with Crippen LogP contribution in [0, 0.1) is 0 Å². The summed E-state index contributed by atoms with van der Waals surface area (Å²) < 4.78 is 6.92. The normalized spacial score (nSPS) is 11.7. The van der Waals surface area contributed by atoms with Gasteiger partial charge in [0.05, 0.1) is 24.2 Å². The van der Waals surface area contributed by atoms with E-state index in [1.54, 1.807) is 22.9 Å². The third-order valence-electron chi connectivity index (χ3n) is 4.50.